The molecule has 0 radical (unpaired) electrons. The molecular weight excluding hydrogens is 272 g/mol. The first-order valence-corrected chi connectivity index (χ1v) is 6.59. The van der Waals surface area contributed by atoms with Crippen LogP contribution in [-0.2, 0) is 11.2 Å². The van der Waals surface area contributed by atoms with Crippen molar-refractivity contribution in [3.8, 4) is 6.07 Å². The maximum absolute atomic E-state index is 11.8. The largest absolute Gasteiger partial charge is 0.326 e. The van der Waals surface area contributed by atoms with Crippen LogP contribution < -0.4 is 5.32 Å². The molecule has 100 valence electrons. The third kappa shape index (κ3) is 4.11. The molecule has 0 heterocycles. The highest BCUT2D eigenvalue weighted by atomic mass is 35.5. The predicted octanol–water partition coefficient (Wildman–Crippen LogP) is 3.78. The number of amides is 1. The van der Waals surface area contributed by atoms with Crippen molar-refractivity contribution >= 4 is 23.2 Å². The molecule has 2 rings (SSSR count). The van der Waals surface area contributed by atoms with Crippen LogP contribution in [0.4, 0.5) is 5.69 Å². The summed E-state index contributed by atoms with van der Waals surface area (Å²) < 4.78 is 0. The van der Waals surface area contributed by atoms with Crippen LogP contribution in [0.5, 0.6) is 0 Å². The van der Waals surface area contributed by atoms with Gasteiger partial charge in [-0.05, 0) is 48.4 Å². The molecule has 0 saturated heterocycles. The van der Waals surface area contributed by atoms with Crippen LogP contribution in [0.1, 0.15) is 17.5 Å². The zero-order valence-corrected chi connectivity index (χ0v) is 11.5. The zero-order valence-electron chi connectivity index (χ0n) is 10.8. The molecule has 0 saturated carbocycles. The third-order valence-corrected chi connectivity index (χ3v) is 3.10. The SMILES string of the molecule is N#Cc1ccc(CCC(=O)Nc2ccc(Cl)cc2)cc1. The number of hydrogen-bond acceptors (Lipinski definition) is 2. The van der Waals surface area contributed by atoms with Gasteiger partial charge in [0.25, 0.3) is 0 Å². The molecule has 20 heavy (non-hydrogen) atoms. The molecule has 0 aliphatic rings. The first-order valence-electron chi connectivity index (χ1n) is 6.22. The lowest BCUT2D eigenvalue weighted by Gasteiger charge is -2.05. The predicted molar refractivity (Wildman–Crippen MR) is 79.6 cm³/mol. The quantitative estimate of drug-likeness (QED) is 0.929. The maximum Gasteiger partial charge on any atom is 0.224 e. The Morgan fingerprint density at radius 2 is 1.75 bits per heavy atom. The summed E-state index contributed by atoms with van der Waals surface area (Å²) in [5, 5.41) is 12.2. The molecule has 0 aromatic heterocycles. The van der Waals surface area contributed by atoms with Crippen LogP contribution in [0.2, 0.25) is 5.02 Å². The highest BCUT2D eigenvalue weighted by Crippen LogP contribution is 2.14. The summed E-state index contributed by atoms with van der Waals surface area (Å²) in [6, 6.07) is 16.3. The number of nitriles is 1. The first kappa shape index (κ1) is 14.1. The van der Waals surface area contributed by atoms with E-state index in [9.17, 15) is 4.79 Å². The van der Waals surface area contributed by atoms with Crippen LogP contribution in [0.3, 0.4) is 0 Å². The van der Waals surface area contributed by atoms with Crippen molar-refractivity contribution in [1.82, 2.24) is 0 Å². The Labute approximate surface area is 122 Å². The summed E-state index contributed by atoms with van der Waals surface area (Å²) in [7, 11) is 0. The third-order valence-electron chi connectivity index (χ3n) is 2.85. The van der Waals surface area contributed by atoms with E-state index in [0.717, 1.165) is 11.3 Å². The molecule has 0 bridgehead atoms. The van der Waals surface area contributed by atoms with Crippen molar-refractivity contribution in [2.75, 3.05) is 5.32 Å². The lowest BCUT2D eigenvalue weighted by Crippen LogP contribution is -2.12. The molecule has 0 fully saturated rings. The van der Waals surface area contributed by atoms with Gasteiger partial charge in [-0.15, -0.1) is 0 Å². The minimum atomic E-state index is -0.0447. The average Bonchev–Trinajstić information content (AvgIpc) is 2.48. The van der Waals surface area contributed by atoms with Crippen molar-refractivity contribution in [2.24, 2.45) is 0 Å². The summed E-state index contributed by atoms with van der Waals surface area (Å²) in [6.07, 6.45) is 1.04. The molecule has 2 aromatic rings. The number of nitrogens with one attached hydrogen (secondary N) is 1. The van der Waals surface area contributed by atoms with Gasteiger partial charge >= 0.3 is 0 Å². The molecule has 4 heteroatoms. The Hall–Kier alpha value is -2.31. The van der Waals surface area contributed by atoms with Gasteiger partial charge in [-0.25, -0.2) is 0 Å². The number of rotatable bonds is 4. The maximum atomic E-state index is 11.8. The molecule has 3 nitrogen and oxygen atoms in total. The number of hydrogen-bond donors (Lipinski definition) is 1. The molecule has 0 aliphatic heterocycles. The van der Waals surface area contributed by atoms with Crippen molar-refractivity contribution in [2.45, 2.75) is 12.8 Å². The normalized spacial score (nSPS) is 9.80. The van der Waals surface area contributed by atoms with Crippen LogP contribution in [0.25, 0.3) is 0 Å². The number of benzene rings is 2. The second-order valence-corrected chi connectivity index (χ2v) is 4.80. The smallest absolute Gasteiger partial charge is 0.224 e. The summed E-state index contributed by atoms with van der Waals surface area (Å²) in [4.78, 5) is 11.8. The zero-order chi connectivity index (χ0) is 14.4. The molecule has 1 amide bonds. The number of aryl methyl sites for hydroxylation is 1. The Balaban J connectivity index is 1.85. The van der Waals surface area contributed by atoms with Crippen molar-refractivity contribution in [1.29, 1.82) is 5.26 Å². The number of anilines is 1. The second kappa shape index (κ2) is 6.74. The van der Waals surface area contributed by atoms with Crippen LogP contribution in [0, 0.1) is 11.3 Å². The van der Waals surface area contributed by atoms with E-state index in [0.29, 0.717) is 23.4 Å². The van der Waals surface area contributed by atoms with Gasteiger partial charge in [0.1, 0.15) is 0 Å². The number of carbonyl (C=O) groups excluding carboxylic acids is 1. The fourth-order valence-electron chi connectivity index (χ4n) is 1.76. The Morgan fingerprint density at radius 3 is 2.35 bits per heavy atom. The average molecular weight is 285 g/mol. The summed E-state index contributed by atoms with van der Waals surface area (Å²) in [6.45, 7) is 0. The molecular formula is C16H13ClN2O. The Morgan fingerprint density at radius 1 is 1.10 bits per heavy atom. The van der Waals surface area contributed by atoms with Crippen molar-refractivity contribution < 1.29 is 4.79 Å². The molecule has 0 atom stereocenters. The van der Waals surface area contributed by atoms with Crippen LogP contribution >= 0.6 is 11.6 Å². The van der Waals surface area contributed by atoms with E-state index in [1.807, 2.05) is 12.1 Å². The van der Waals surface area contributed by atoms with E-state index in [2.05, 4.69) is 11.4 Å². The number of nitrogens with zero attached hydrogens (tertiary/aromatic N) is 1. The fourth-order valence-corrected chi connectivity index (χ4v) is 1.89. The molecule has 0 spiro atoms. The molecule has 2 aromatic carbocycles. The summed E-state index contributed by atoms with van der Waals surface area (Å²) in [5.74, 6) is -0.0447. The molecule has 1 N–H and O–H groups in total. The van der Waals surface area contributed by atoms with Crippen molar-refractivity contribution in [3.05, 3.63) is 64.7 Å². The highest BCUT2D eigenvalue weighted by Gasteiger charge is 2.03. The molecule has 0 aliphatic carbocycles. The lowest BCUT2D eigenvalue weighted by molar-refractivity contribution is -0.116. The van der Waals surface area contributed by atoms with Crippen LogP contribution in [-0.4, -0.2) is 5.91 Å². The van der Waals surface area contributed by atoms with E-state index < -0.39 is 0 Å². The van der Waals surface area contributed by atoms with E-state index in [1.54, 1.807) is 36.4 Å². The monoisotopic (exact) mass is 284 g/mol. The minimum absolute atomic E-state index is 0.0447. The summed E-state index contributed by atoms with van der Waals surface area (Å²) in [5.41, 5.74) is 2.40. The van der Waals surface area contributed by atoms with E-state index in [-0.39, 0.29) is 5.91 Å². The van der Waals surface area contributed by atoms with E-state index in [1.165, 1.54) is 0 Å². The first-order chi connectivity index (χ1) is 9.67. The second-order valence-electron chi connectivity index (χ2n) is 4.36. The Kier molecular flexibility index (Phi) is 4.75. The topological polar surface area (TPSA) is 52.9 Å². The number of halogens is 1. The Bertz CT molecular complexity index is 627. The van der Waals surface area contributed by atoms with Crippen LogP contribution in [0.15, 0.2) is 48.5 Å². The van der Waals surface area contributed by atoms with E-state index >= 15 is 0 Å². The van der Waals surface area contributed by atoms with Gasteiger partial charge in [-0.3, -0.25) is 4.79 Å². The minimum Gasteiger partial charge on any atom is -0.326 e. The van der Waals surface area contributed by atoms with E-state index in [4.69, 9.17) is 16.9 Å². The van der Waals surface area contributed by atoms with Gasteiger partial charge in [0.05, 0.1) is 11.6 Å². The summed E-state index contributed by atoms with van der Waals surface area (Å²) >= 11 is 5.78. The van der Waals surface area contributed by atoms with Gasteiger partial charge in [0.2, 0.25) is 5.91 Å². The number of carbonyl (C=O) groups is 1. The standard InChI is InChI=1S/C16H13ClN2O/c17-14-6-8-15(9-7-14)19-16(20)10-5-12-1-3-13(11-18)4-2-12/h1-4,6-9H,5,10H2,(H,19,20). The molecule has 0 unspecified atom stereocenters. The lowest BCUT2D eigenvalue weighted by atomic mass is 10.1. The van der Waals surface area contributed by atoms with Gasteiger partial charge in [0, 0.05) is 17.1 Å². The highest BCUT2D eigenvalue weighted by molar-refractivity contribution is 6.30. The van der Waals surface area contributed by atoms with Gasteiger partial charge < -0.3 is 5.32 Å². The van der Waals surface area contributed by atoms with Gasteiger partial charge in [0.15, 0.2) is 0 Å². The van der Waals surface area contributed by atoms with Gasteiger partial charge in [-0.2, -0.15) is 5.26 Å². The van der Waals surface area contributed by atoms with Crippen molar-refractivity contribution in [3.63, 3.8) is 0 Å². The fraction of sp³-hybridized carbons (Fsp3) is 0.125. The van der Waals surface area contributed by atoms with Gasteiger partial charge in [-0.1, -0.05) is 23.7 Å².